The molecule has 1 aliphatic rings. The zero-order valence-corrected chi connectivity index (χ0v) is 14.4. The van der Waals surface area contributed by atoms with Gasteiger partial charge in [-0.05, 0) is 38.2 Å². The summed E-state index contributed by atoms with van der Waals surface area (Å²) in [5.74, 6) is 1.01. The number of thioether (sulfide) groups is 1. The van der Waals surface area contributed by atoms with Gasteiger partial charge in [0.25, 0.3) is 0 Å². The Kier molecular flexibility index (Phi) is 4.51. The number of imidazole rings is 1. The molecule has 0 radical (unpaired) electrons. The van der Waals surface area contributed by atoms with Crippen molar-refractivity contribution < 1.29 is 0 Å². The molecule has 3 rings (SSSR count). The number of rotatable bonds is 4. The first-order chi connectivity index (χ1) is 10.2. The van der Waals surface area contributed by atoms with Gasteiger partial charge < -0.3 is 4.57 Å². The zero-order chi connectivity index (χ0) is 14.9. The number of hydrogen-bond donors (Lipinski definition) is 0. The first-order valence-corrected chi connectivity index (χ1v) is 9.46. The summed E-state index contributed by atoms with van der Waals surface area (Å²) in [6.07, 6.45) is 8.94. The molecule has 1 aliphatic carbocycles. The van der Waals surface area contributed by atoms with Crippen molar-refractivity contribution in [1.29, 1.82) is 0 Å². The maximum Gasteiger partial charge on any atom is 0.127 e. The lowest BCUT2D eigenvalue weighted by Crippen LogP contribution is -2.33. The quantitative estimate of drug-likeness (QED) is 0.701. The van der Waals surface area contributed by atoms with E-state index in [-0.39, 0.29) is 5.38 Å². The number of fused-ring (bicyclic) bond motifs is 1. The number of hydrogen-bond acceptors (Lipinski definition) is 2. The van der Waals surface area contributed by atoms with Gasteiger partial charge in [0.2, 0.25) is 0 Å². The fraction of sp³-hybridized carbons (Fsp3) is 0.588. The van der Waals surface area contributed by atoms with Crippen LogP contribution in [-0.4, -0.2) is 20.6 Å². The maximum absolute atomic E-state index is 6.40. The molecule has 2 aromatic rings. The molecule has 1 saturated carbocycles. The second-order valence-electron chi connectivity index (χ2n) is 6.11. The molecule has 2 nitrogen and oxygen atoms in total. The van der Waals surface area contributed by atoms with Crippen LogP contribution in [0.15, 0.2) is 24.3 Å². The molecule has 0 amide bonds. The van der Waals surface area contributed by atoms with Gasteiger partial charge in [-0.2, -0.15) is 11.8 Å². The molecule has 0 saturated heterocycles. The Morgan fingerprint density at radius 1 is 1.29 bits per heavy atom. The van der Waals surface area contributed by atoms with Crippen molar-refractivity contribution in [3.8, 4) is 0 Å². The van der Waals surface area contributed by atoms with Crippen LogP contribution in [0.5, 0.6) is 0 Å². The third kappa shape index (κ3) is 2.95. The van der Waals surface area contributed by atoms with E-state index in [1.807, 2.05) is 24.8 Å². The van der Waals surface area contributed by atoms with E-state index in [2.05, 4.69) is 29.0 Å². The Balaban J connectivity index is 2.03. The molecular formula is C17H23ClN2S. The minimum Gasteiger partial charge on any atom is -0.325 e. The van der Waals surface area contributed by atoms with E-state index in [1.54, 1.807) is 0 Å². The molecule has 114 valence electrons. The van der Waals surface area contributed by atoms with Gasteiger partial charge in [0.05, 0.1) is 16.4 Å². The number of nitrogens with zero attached hydrogens (tertiary/aromatic N) is 2. The molecule has 1 aromatic heterocycles. The molecule has 0 aliphatic heterocycles. The Labute approximate surface area is 136 Å². The van der Waals surface area contributed by atoms with Gasteiger partial charge in [-0.25, -0.2) is 4.98 Å². The molecule has 4 heteroatoms. The van der Waals surface area contributed by atoms with Gasteiger partial charge in [-0.15, -0.1) is 11.6 Å². The molecule has 21 heavy (non-hydrogen) atoms. The van der Waals surface area contributed by atoms with E-state index in [0.717, 1.165) is 17.9 Å². The molecule has 0 N–H and O–H groups in total. The number of halogens is 1. The van der Waals surface area contributed by atoms with Crippen molar-refractivity contribution in [1.82, 2.24) is 9.55 Å². The number of benzene rings is 1. The summed E-state index contributed by atoms with van der Waals surface area (Å²) in [6.45, 7) is 3.05. The van der Waals surface area contributed by atoms with Crippen molar-refractivity contribution in [2.45, 2.75) is 55.7 Å². The van der Waals surface area contributed by atoms with Crippen LogP contribution in [0.3, 0.4) is 0 Å². The Bertz CT molecular complexity index is 614. The second-order valence-corrected chi connectivity index (χ2v) is 8.04. The van der Waals surface area contributed by atoms with Gasteiger partial charge in [-0.1, -0.05) is 31.4 Å². The van der Waals surface area contributed by atoms with Gasteiger partial charge in [0.15, 0.2) is 0 Å². The summed E-state index contributed by atoms with van der Waals surface area (Å²) < 4.78 is 2.72. The van der Waals surface area contributed by atoms with Crippen LogP contribution in [0, 0.1) is 0 Å². The molecule has 1 unspecified atom stereocenters. The van der Waals surface area contributed by atoms with E-state index in [0.29, 0.717) is 4.75 Å². The van der Waals surface area contributed by atoms with Gasteiger partial charge >= 0.3 is 0 Å². The Hall–Kier alpha value is -0.670. The number of aromatic nitrogens is 2. The lowest BCUT2D eigenvalue weighted by Gasteiger charge is -2.36. The normalized spacial score (nSPS) is 19.8. The first-order valence-electron chi connectivity index (χ1n) is 7.80. The van der Waals surface area contributed by atoms with Crippen LogP contribution < -0.4 is 0 Å². The zero-order valence-electron chi connectivity index (χ0n) is 12.8. The maximum atomic E-state index is 6.40. The molecule has 1 fully saturated rings. The average molecular weight is 323 g/mol. The topological polar surface area (TPSA) is 17.8 Å². The number of para-hydroxylation sites is 2. The van der Waals surface area contributed by atoms with Crippen molar-refractivity contribution in [2.24, 2.45) is 0 Å². The predicted octanol–water partition coefficient (Wildman–Crippen LogP) is 5.40. The van der Waals surface area contributed by atoms with Crippen LogP contribution in [-0.2, 0) is 6.54 Å². The largest absolute Gasteiger partial charge is 0.325 e. The summed E-state index contributed by atoms with van der Waals surface area (Å²) in [7, 11) is 0. The molecule has 1 atom stereocenters. The van der Waals surface area contributed by atoms with Gasteiger partial charge in [0, 0.05) is 11.3 Å². The fourth-order valence-corrected chi connectivity index (χ4v) is 4.60. The van der Waals surface area contributed by atoms with E-state index in [1.165, 1.54) is 37.6 Å². The predicted molar refractivity (Wildman–Crippen MR) is 93.3 cm³/mol. The van der Waals surface area contributed by atoms with Crippen LogP contribution in [0.4, 0.5) is 0 Å². The smallest absolute Gasteiger partial charge is 0.127 e. The minimum atomic E-state index is -0.0557. The Morgan fingerprint density at radius 3 is 2.67 bits per heavy atom. The van der Waals surface area contributed by atoms with E-state index in [4.69, 9.17) is 16.6 Å². The van der Waals surface area contributed by atoms with Crippen molar-refractivity contribution in [3.63, 3.8) is 0 Å². The average Bonchev–Trinajstić information content (AvgIpc) is 2.87. The van der Waals surface area contributed by atoms with E-state index < -0.39 is 0 Å². The van der Waals surface area contributed by atoms with Crippen LogP contribution in [0.1, 0.15) is 50.2 Å². The molecular weight excluding hydrogens is 300 g/mol. The molecule has 1 aromatic carbocycles. The lowest BCUT2D eigenvalue weighted by molar-refractivity contribution is 0.358. The highest BCUT2D eigenvalue weighted by atomic mass is 35.5. The summed E-state index contributed by atoms with van der Waals surface area (Å²) in [5.41, 5.74) is 2.28. The third-order valence-electron chi connectivity index (χ3n) is 4.68. The van der Waals surface area contributed by atoms with E-state index in [9.17, 15) is 0 Å². The summed E-state index contributed by atoms with van der Waals surface area (Å²) in [4.78, 5) is 4.76. The van der Waals surface area contributed by atoms with Crippen molar-refractivity contribution >= 4 is 34.4 Å². The highest BCUT2D eigenvalue weighted by molar-refractivity contribution is 8.00. The SMILES string of the molecule is CSC1(Cn2c(C(C)Cl)nc3ccccc32)CCCCC1. The summed E-state index contributed by atoms with van der Waals surface area (Å²) >= 11 is 8.42. The second kappa shape index (κ2) is 6.21. The van der Waals surface area contributed by atoms with E-state index >= 15 is 0 Å². The monoisotopic (exact) mass is 322 g/mol. The van der Waals surface area contributed by atoms with Crippen molar-refractivity contribution in [2.75, 3.05) is 6.26 Å². The van der Waals surface area contributed by atoms with Gasteiger partial charge in [-0.3, -0.25) is 0 Å². The van der Waals surface area contributed by atoms with Crippen molar-refractivity contribution in [3.05, 3.63) is 30.1 Å². The highest BCUT2D eigenvalue weighted by Gasteiger charge is 2.33. The molecule has 0 bridgehead atoms. The standard InChI is InChI=1S/C17H23ClN2S/c1-13(18)16-19-14-8-4-5-9-15(14)20(16)12-17(21-2)10-6-3-7-11-17/h4-5,8-9,13H,3,6-7,10-12H2,1-2H3. The van der Waals surface area contributed by atoms with Gasteiger partial charge in [0.1, 0.15) is 5.82 Å². The molecule has 1 heterocycles. The summed E-state index contributed by atoms with van der Waals surface area (Å²) in [5, 5.41) is -0.0557. The minimum absolute atomic E-state index is 0.0557. The summed E-state index contributed by atoms with van der Waals surface area (Å²) in [6, 6.07) is 8.40. The van der Waals surface area contributed by atoms with Crippen LogP contribution in [0.2, 0.25) is 0 Å². The van der Waals surface area contributed by atoms with Crippen LogP contribution >= 0.6 is 23.4 Å². The third-order valence-corrected chi connectivity index (χ3v) is 6.28. The number of alkyl halides is 1. The van der Waals surface area contributed by atoms with Crippen LogP contribution in [0.25, 0.3) is 11.0 Å². The lowest BCUT2D eigenvalue weighted by atomic mass is 9.88. The molecule has 0 spiro atoms. The Morgan fingerprint density at radius 2 is 2.00 bits per heavy atom. The first kappa shape index (κ1) is 15.2. The fourth-order valence-electron chi connectivity index (χ4n) is 3.48. The highest BCUT2D eigenvalue weighted by Crippen LogP contribution is 2.41.